The van der Waals surface area contributed by atoms with Crippen LogP contribution in [0.1, 0.15) is 24.0 Å². The molecule has 116 valence electrons. The van der Waals surface area contributed by atoms with Gasteiger partial charge in [0.15, 0.2) is 0 Å². The van der Waals surface area contributed by atoms with Gasteiger partial charge >= 0.3 is 0 Å². The Bertz CT molecular complexity index is 655. The fourth-order valence-corrected chi connectivity index (χ4v) is 2.25. The summed E-state index contributed by atoms with van der Waals surface area (Å²) in [4.78, 5) is 11.9. The zero-order valence-electron chi connectivity index (χ0n) is 12.9. The highest BCUT2D eigenvalue weighted by atomic mass is 35.5. The molecule has 0 radical (unpaired) electrons. The van der Waals surface area contributed by atoms with E-state index in [4.69, 9.17) is 16.3 Å². The van der Waals surface area contributed by atoms with Gasteiger partial charge in [0.25, 0.3) is 0 Å². The zero-order chi connectivity index (χ0) is 15.9. The highest BCUT2D eigenvalue weighted by Crippen LogP contribution is 2.22. The Labute approximate surface area is 136 Å². The Balaban J connectivity index is 1.76. The van der Waals surface area contributed by atoms with E-state index < -0.39 is 0 Å². The molecule has 0 unspecified atom stereocenters. The van der Waals surface area contributed by atoms with Crippen LogP contribution in [0.15, 0.2) is 42.5 Å². The van der Waals surface area contributed by atoms with Crippen LogP contribution in [0.5, 0.6) is 5.75 Å². The predicted molar refractivity (Wildman–Crippen MR) is 90.7 cm³/mol. The summed E-state index contributed by atoms with van der Waals surface area (Å²) in [6.45, 7) is 4.61. The lowest BCUT2D eigenvalue weighted by atomic mass is 10.1. The van der Waals surface area contributed by atoms with Gasteiger partial charge in [-0.25, -0.2) is 0 Å². The molecule has 3 nitrogen and oxygen atoms in total. The van der Waals surface area contributed by atoms with E-state index in [-0.39, 0.29) is 5.91 Å². The Morgan fingerprint density at radius 2 is 1.91 bits per heavy atom. The van der Waals surface area contributed by atoms with Gasteiger partial charge in [0.1, 0.15) is 5.75 Å². The second-order valence-electron chi connectivity index (χ2n) is 5.18. The van der Waals surface area contributed by atoms with Crippen LogP contribution >= 0.6 is 11.6 Å². The topological polar surface area (TPSA) is 38.3 Å². The lowest BCUT2D eigenvalue weighted by Gasteiger charge is -2.11. The van der Waals surface area contributed by atoms with Crippen LogP contribution in [0.2, 0.25) is 5.02 Å². The molecule has 0 aliphatic rings. The number of anilines is 1. The highest BCUT2D eigenvalue weighted by Gasteiger charge is 2.06. The summed E-state index contributed by atoms with van der Waals surface area (Å²) in [5.41, 5.74) is 2.99. The van der Waals surface area contributed by atoms with Crippen molar-refractivity contribution in [3.63, 3.8) is 0 Å². The third kappa shape index (κ3) is 4.50. The van der Waals surface area contributed by atoms with E-state index in [1.165, 1.54) is 5.56 Å². The number of carbonyl (C=O) groups is 1. The predicted octanol–water partition coefficient (Wildman–Crippen LogP) is 4.75. The summed E-state index contributed by atoms with van der Waals surface area (Å²) in [7, 11) is 0. The molecule has 0 bridgehead atoms. The number of hydrogen-bond acceptors (Lipinski definition) is 2. The molecule has 0 saturated heterocycles. The van der Waals surface area contributed by atoms with E-state index in [0.717, 1.165) is 11.3 Å². The molecule has 0 aromatic heterocycles. The van der Waals surface area contributed by atoms with Crippen molar-refractivity contribution in [2.24, 2.45) is 0 Å². The summed E-state index contributed by atoms with van der Waals surface area (Å²) in [5.74, 6) is 0.823. The number of hydrogen-bond donors (Lipinski definition) is 1. The molecular weight excluding hydrogens is 298 g/mol. The minimum atomic E-state index is -0.0577. The molecule has 4 heteroatoms. The fraction of sp³-hybridized carbons (Fsp3) is 0.278. The second kappa shape index (κ2) is 7.85. The molecule has 1 N–H and O–H groups in total. The lowest BCUT2D eigenvalue weighted by molar-refractivity contribution is -0.116. The van der Waals surface area contributed by atoms with E-state index in [9.17, 15) is 4.79 Å². The van der Waals surface area contributed by atoms with Gasteiger partial charge in [-0.2, -0.15) is 0 Å². The maximum atomic E-state index is 11.9. The van der Waals surface area contributed by atoms with Crippen LogP contribution in [0, 0.1) is 13.8 Å². The Morgan fingerprint density at radius 3 is 2.68 bits per heavy atom. The first-order valence-corrected chi connectivity index (χ1v) is 7.69. The van der Waals surface area contributed by atoms with Crippen molar-refractivity contribution in [3.8, 4) is 5.75 Å². The molecule has 2 aromatic carbocycles. The monoisotopic (exact) mass is 317 g/mol. The standard InChI is InChI=1S/C18H20ClNO2/c1-13-7-5-10-17(14(13)2)22-12-6-11-18(21)20-16-9-4-3-8-15(16)19/h3-5,7-10H,6,11-12H2,1-2H3,(H,20,21). The molecule has 0 saturated carbocycles. The molecule has 0 spiro atoms. The molecule has 1 amide bonds. The molecule has 0 heterocycles. The molecule has 2 rings (SSSR count). The summed E-state index contributed by atoms with van der Waals surface area (Å²) in [6.07, 6.45) is 1.06. The number of rotatable bonds is 6. The zero-order valence-corrected chi connectivity index (χ0v) is 13.6. The van der Waals surface area contributed by atoms with E-state index in [2.05, 4.69) is 18.3 Å². The van der Waals surface area contributed by atoms with Crippen molar-refractivity contribution < 1.29 is 9.53 Å². The smallest absolute Gasteiger partial charge is 0.224 e. The summed E-state index contributed by atoms with van der Waals surface area (Å²) >= 11 is 6.00. The lowest BCUT2D eigenvalue weighted by Crippen LogP contribution is -2.13. The third-order valence-corrected chi connectivity index (χ3v) is 3.84. The summed E-state index contributed by atoms with van der Waals surface area (Å²) in [5, 5.41) is 3.35. The number of ether oxygens (including phenoxy) is 1. The van der Waals surface area contributed by atoms with Gasteiger partial charge in [0.2, 0.25) is 5.91 Å². The van der Waals surface area contributed by atoms with Crippen LogP contribution < -0.4 is 10.1 Å². The van der Waals surface area contributed by atoms with Gasteiger partial charge < -0.3 is 10.1 Å². The molecule has 0 aliphatic heterocycles. The van der Waals surface area contributed by atoms with Crippen LogP contribution in [-0.2, 0) is 4.79 Å². The van der Waals surface area contributed by atoms with Crippen LogP contribution in [0.3, 0.4) is 0 Å². The first kappa shape index (κ1) is 16.4. The summed E-state index contributed by atoms with van der Waals surface area (Å²) in [6, 6.07) is 13.2. The van der Waals surface area contributed by atoms with Crippen molar-refractivity contribution in [1.82, 2.24) is 0 Å². The Hall–Kier alpha value is -2.00. The number of halogens is 1. The number of nitrogens with one attached hydrogen (secondary N) is 1. The van der Waals surface area contributed by atoms with Crippen molar-refractivity contribution in [1.29, 1.82) is 0 Å². The van der Waals surface area contributed by atoms with Crippen LogP contribution in [0.25, 0.3) is 0 Å². The molecule has 0 atom stereocenters. The van der Waals surface area contributed by atoms with Gasteiger partial charge in [-0.1, -0.05) is 35.9 Å². The van der Waals surface area contributed by atoms with Crippen molar-refractivity contribution in [2.45, 2.75) is 26.7 Å². The summed E-state index contributed by atoms with van der Waals surface area (Å²) < 4.78 is 5.74. The third-order valence-electron chi connectivity index (χ3n) is 3.51. The Morgan fingerprint density at radius 1 is 1.14 bits per heavy atom. The van der Waals surface area contributed by atoms with Crippen molar-refractivity contribution in [3.05, 3.63) is 58.6 Å². The highest BCUT2D eigenvalue weighted by molar-refractivity contribution is 6.33. The number of amides is 1. The van der Waals surface area contributed by atoms with Gasteiger partial charge in [-0.3, -0.25) is 4.79 Å². The first-order valence-electron chi connectivity index (χ1n) is 7.31. The normalized spacial score (nSPS) is 10.3. The van der Waals surface area contributed by atoms with Crippen molar-refractivity contribution >= 4 is 23.2 Å². The molecule has 22 heavy (non-hydrogen) atoms. The van der Waals surface area contributed by atoms with E-state index in [1.807, 2.05) is 31.2 Å². The number of carbonyl (C=O) groups excluding carboxylic acids is 1. The average Bonchev–Trinajstić information content (AvgIpc) is 2.50. The van der Waals surface area contributed by atoms with E-state index in [1.54, 1.807) is 12.1 Å². The molecular formula is C18H20ClNO2. The minimum absolute atomic E-state index is 0.0577. The van der Waals surface area contributed by atoms with Gasteiger partial charge in [-0.15, -0.1) is 0 Å². The quantitative estimate of drug-likeness (QED) is 0.780. The van der Waals surface area contributed by atoms with Crippen LogP contribution in [-0.4, -0.2) is 12.5 Å². The maximum Gasteiger partial charge on any atom is 0.224 e. The molecule has 0 aliphatic carbocycles. The number of benzene rings is 2. The Kier molecular flexibility index (Phi) is 5.84. The second-order valence-corrected chi connectivity index (χ2v) is 5.59. The van der Waals surface area contributed by atoms with Gasteiger partial charge in [0.05, 0.1) is 17.3 Å². The number of para-hydroxylation sites is 1. The minimum Gasteiger partial charge on any atom is -0.493 e. The van der Waals surface area contributed by atoms with Crippen LogP contribution in [0.4, 0.5) is 5.69 Å². The van der Waals surface area contributed by atoms with Gasteiger partial charge in [-0.05, 0) is 49.6 Å². The largest absolute Gasteiger partial charge is 0.493 e. The fourth-order valence-electron chi connectivity index (χ4n) is 2.07. The first-order chi connectivity index (χ1) is 10.6. The SMILES string of the molecule is Cc1cccc(OCCCC(=O)Nc2ccccc2Cl)c1C. The maximum absolute atomic E-state index is 11.9. The van der Waals surface area contributed by atoms with E-state index >= 15 is 0 Å². The van der Waals surface area contributed by atoms with Crippen molar-refractivity contribution in [2.75, 3.05) is 11.9 Å². The van der Waals surface area contributed by atoms with Gasteiger partial charge in [0, 0.05) is 6.42 Å². The molecule has 0 fully saturated rings. The number of aryl methyl sites for hydroxylation is 1. The van der Waals surface area contributed by atoms with E-state index in [0.29, 0.717) is 30.2 Å². The average molecular weight is 318 g/mol. The molecule has 2 aromatic rings.